The Morgan fingerprint density at radius 1 is 1.48 bits per heavy atom. The number of carbonyl (C=O) groups excluding carboxylic acids is 1. The second kappa shape index (κ2) is 7.00. The van der Waals surface area contributed by atoms with E-state index in [1.807, 2.05) is 35.4 Å². The minimum atomic E-state index is 0.120. The molecule has 3 rings (SSSR count). The fraction of sp³-hybridized carbons (Fsp3) is 0.438. The van der Waals surface area contributed by atoms with E-state index in [-0.39, 0.29) is 5.91 Å². The highest BCUT2D eigenvalue weighted by Gasteiger charge is 2.25. The van der Waals surface area contributed by atoms with Crippen molar-refractivity contribution in [1.82, 2.24) is 19.4 Å². The molecule has 1 atom stereocenters. The van der Waals surface area contributed by atoms with Crippen molar-refractivity contribution in [3.63, 3.8) is 0 Å². The van der Waals surface area contributed by atoms with E-state index >= 15 is 0 Å². The molecule has 0 radical (unpaired) electrons. The van der Waals surface area contributed by atoms with Crippen molar-refractivity contribution in [3.8, 4) is 0 Å². The van der Waals surface area contributed by atoms with Crippen molar-refractivity contribution in [3.05, 3.63) is 42.1 Å². The Hall–Kier alpha value is -2.08. The molecule has 1 aliphatic heterocycles. The van der Waals surface area contributed by atoms with E-state index in [1.54, 1.807) is 18.5 Å². The highest BCUT2D eigenvalue weighted by Crippen LogP contribution is 2.21. The first kappa shape index (κ1) is 15.8. The van der Waals surface area contributed by atoms with E-state index in [9.17, 15) is 4.79 Å². The van der Waals surface area contributed by atoms with E-state index in [0.717, 1.165) is 31.7 Å². The van der Waals surface area contributed by atoms with Gasteiger partial charge in [0.2, 0.25) is 5.91 Å². The van der Waals surface area contributed by atoms with Gasteiger partial charge in [-0.2, -0.15) is 0 Å². The molecule has 0 bridgehead atoms. The molecule has 7 heteroatoms. The summed E-state index contributed by atoms with van der Waals surface area (Å²) in [7, 11) is 1.87. The highest BCUT2D eigenvalue weighted by molar-refractivity contribution is 6.30. The van der Waals surface area contributed by atoms with Crippen LogP contribution in [-0.4, -0.2) is 52.0 Å². The Labute approximate surface area is 140 Å². The number of likely N-dealkylation sites (tertiary alicyclic amines) is 1. The summed E-state index contributed by atoms with van der Waals surface area (Å²) in [5.74, 6) is 0.861. The standard InChI is InChI=1S/C16H20ClN5O/c1-20(15-5-4-13(17)9-19-15)11-16(23)21-7-2-3-14(10-21)22-8-6-18-12-22/h4-6,8-9,12,14H,2-3,7,10-11H2,1H3. The number of amides is 1. The van der Waals surface area contributed by atoms with Gasteiger partial charge in [-0.1, -0.05) is 11.6 Å². The maximum atomic E-state index is 12.6. The number of halogens is 1. The fourth-order valence-electron chi connectivity index (χ4n) is 2.89. The van der Waals surface area contributed by atoms with Crippen LogP contribution < -0.4 is 4.90 Å². The summed E-state index contributed by atoms with van der Waals surface area (Å²) in [6, 6.07) is 3.91. The van der Waals surface area contributed by atoms with E-state index in [0.29, 0.717) is 17.6 Å². The largest absolute Gasteiger partial charge is 0.350 e. The molecule has 23 heavy (non-hydrogen) atoms. The summed E-state index contributed by atoms with van der Waals surface area (Å²) in [5.41, 5.74) is 0. The number of piperidine rings is 1. The maximum Gasteiger partial charge on any atom is 0.242 e. The molecule has 1 aliphatic rings. The Kier molecular flexibility index (Phi) is 4.81. The maximum absolute atomic E-state index is 12.6. The average Bonchev–Trinajstić information content (AvgIpc) is 3.10. The number of carbonyl (C=O) groups is 1. The van der Waals surface area contributed by atoms with Crippen molar-refractivity contribution >= 4 is 23.3 Å². The third kappa shape index (κ3) is 3.82. The zero-order valence-electron chi connectivity index (χ0n) is 13.1. The van der Waals surface area contributed by atoms with Crippen LogP contribution >= 0.6 is 11.6 Å². The lowest BCUT2D eigenvalue weighted by Gasteiger charge is -2.34. The number of aromatic nitrogens is 3. The van der Waals surface area contributed by atoms with Crippen LogP contribution in [0.25, 0.3) is 0 Å². The molecule has 0 aliphatic carbocycles. The van der Waals surface area contributed by atoms with E-state index in [1.165, 1.54) is 0 Å². The Bertz CT molecular complexity index is 643. The first-order valence-electron chi connectivity index (χ1n) is 7.71. The van der Waals surface area contributed by atoms with Gasteiger partial charge in [-0.25, -0.2) is 9.97 Å². The Morgan fingerprint density at radius 2 is 2.35 bits per heavy atom. The predicted octanol–water partition coefficient (Wildman–Crippen LogP) is 2.23. The number of pyridine rings is 1. The van der Waals surface area contributed by atoms with Crippen LogP contribution in [-0.2, 0) is 4.79 Å². The van der Waals surface area contributed by atoms with Crippen LogP contribution in [0, 0.1) is 0 Å². The molecule has 0 spiro atoms. The van der Waals surface area contributed by atoms with Crippen molar-refractivity contribution in [2.45, 2.75) is 18.9 Å². The highest BCUT2D eigenvalue weighted by atomic mass is 35.5. The van der Waals surface area contributed by atoms with Crippen molar-refractivity contribution in [2.75, 3.05) is 31.6 Å². The molecule has 0 N–H and O–H groups in total. The van der Waals surface area contributed by atoms with Gasteiger partial charge in [-0.15, -0.1) is 0 Å². The molecular weight excluding hydrogens is 314 g/mol. The summed E-state index contributed by atoms with van der Waals surface area (Å²) in [5, 5.41) is 0.590. The van der Waals surface area contributed by atoms with Gasteiger partial charge in [-0.05, 0) is 25.0 Å². The SMILES string of the molecule is CN(CC(=O)N1CCCC(n2ccnc2)C1)c1ccc(Cl)cn1. The number of hydrogen-bond donors (Lipinski definition) is 0. The number of hydrogen-bond acceptors (Lipinski definition) is 4. The van der Waals surface area contributed by atoms with E-state index in [2.05, 4.69) is 14.5 Å². The van der Waals surface area contributed by atoms with E-state index in [4.69, 9.17) is 11.6 Å². The number of anilines is 1. The lowest BCUT2D eigenvalue weighted by molar-refractivity contribution is -0.131. The lowest BCUT2D eigenvalue weighted by atomic mass is 10.1. The van der Waals surface area contributed by atoms with Gasteiger partial charge in [0.15, 0.2) is 0 Å². The topological polar surface area (TPSA) is 54.3 Å². The summed E-state index contributed by atoms with van der Waals surface area (Å²) in [6.07, 6.45) is 9.24. The predicted molar refractivity (Wildman–Crippen MR) is 89.6 cm³/mol. The number of imidazole rings is 1. The normalized spacial score (nSPS) is 18.0. The molecule has 2 aromatic rings. The summed E-state index contributed by atoms with van der Waals surface area (Å²) < 4.78 is 2.09. The van der Waals surface area contributed by atoms with Crippen molar-refractivity contribution in [1.29, 1.82) is 0 Å². The van der Waals surface area contributed by atoms with Crippen LogP contribution in [0.15, 0.2) is 37.1 Å². The van der Waals surface area contributed by atoms with Gasteiger partial charge >= 0.3 is 0 Å². The second-order valence-electron chi connectivity index (χ2n) is 5.84. The molecule has 3 heterocycles. The second-order valence-corrected chi connectivity index (χ2v) is 6.27. The van der Waals surface area contributed by atoms with Crippen LogP contribution in [0.1, 0.15) is 18.9 Å². The molecule has 0 aromatic carbocycles. The van der Waals surface area contributed by atoms with Gasteiger partial charge in [-0.3, -0.25) is 4.79 Å². The summed E-state index contributed by atoms with van der Waals surface area (Å²) in [6.45, 7) is 1.86. The van der Waals surface area contributed by atoms with Crippen LogP contribution in [0.4, 0.5) is 5.82 Å². The molecule has 2 aromatic heterocycles. The molecule has 6 nitrogen and oxygen atoms in total. The fourth-order valence-corrected chi connectivity index (χ4v) is 3.00. The first-order chi connectivity index (χ1) is 11.1. The Balaban J connectivity index is 1.60. The van der Waals surface area contributed by atoms with Crippen molar-refractivity contribution < 1.29 is 4.79 Å². The first-order valence-corrected chi connectivity index (χ1v) is 8.09. The lowest BCUT2D eigenvalue weighted by Crippen LogP contribution is -2.45. The molecule has 122 valence electrons. The van der Waals surface area contributed by atoms with Gasteiger partial charge in [0.05, 0.1) is 23.9 Å². The van der Waals surface area contributed by atoms with Gasteiger partial charge in [0, 0.05) is 38.7 Å². The zero-order chi connectivity index (χ0) is 16.2. The minimum Gasteiger partial charge on any atom is -0.350 e. The summed E-state index contributed by atoms with van der Waals surface area (Å²) in [4.78, 5) is 24.7. The molecule has 1 saturated heterocycles. The number of rotatable bonds is 4. The van der Waals surface area contributed by atoms with Gasteiger partial charge in [0.25, 0.3) is 0 Å². The molecule has 1 fully saturated rings. The molecule has 1 unspecified atom stereocenters. The molecule has 1 amide bonds. The molecular formula is C16H20ClN5O. The summed E-state index contributed by atoms with van der Waals surface area (Å²) >= 11 is 5.85. The zero-order valence-corrected chi connectivity index (χ0v) is 13.9. The van der Waals surface area contributed by atoms with Gasteiger partial charge < -0.3 is 14.4 Å². The smallest absolute Gasteiger partial charge is 0.242 e. The van der Waals surface area contributed by atoms with Gasteiger partial charge in [0.1, 0.15) is 5.82 Å². The third-order valence-electron chi connectivity index (χ3n) is 4.17. The third-order valence-corrected chi connectivity index (χ3v) is 4.39. The average molecular weight is 334 g/mol. The monoisotopic (exact) mass is 333 g/mol. The quantitative estimate of drug-likeness (QED) is 0.861. The number of likely N-dealkylation sites (N-methyl/N-ethyl adjacent to an activating group) is 1. The minimum absolute atomic E-state index is 0.120. The van der Waals surface area contributed by atoms with E-state index < -0.39 is 0 Å². The van der Waals surface area contributed by atoms with Crippen LogP contribution in [0.3, 0.4) is 0 Å². The Morgan fingerprint density at radius 3 is 3.04 bits per heavy atom. The van der Waals surface area contributed by atoms with Crippen LogP contribution in [0.5, 0.6) is 0 Å². The van der Waals surface area contributed by atoms with Crippen LogP contribution in [0.2, 0.25) is 5.02 Å². The number of nitrogens with zero attached hydrogens (tertiary/aromatic N) is 5. The van der Waals surface area contributed by atoms with Crippen molar-refractivity contribution in [2.24, 2.45) is 0 Å². The molecule has 0 saturated carbocycles.